The molecule has 0 aliphatic carbocycles. The molecule has 330 valence electrons. The van der Waals surface area contributed by atoms with Gasteiger partial charge in [-0.05, 0) is 107 Å². The number of hydroxylamine groups is 1. The molecule has 7 amide bonds. The second-order valence-corrected chi connectivity index (χ2v) is 15.6. The minimum Gasteiger partial charge on any atom is -0.508 e. The summed E-state index contributed by atoms with van der Waals surface area (Å²) in [5, 5.41) is 42.3. The summed E-state index contributed by atoms with van der Waals surface area (Å²) in [6.45, 7) is 7.07. The van der Waals surface area contributed by atoms with E-state index in [0.29, 0.717) is 43.4 Å². The number of hydrogen-bond donors (Lipinski definition) is 11. The number of phenolic OH excluding ortho intramolecular Hbond substituents is 2. The Hall–Kier alpha value is -5.79. The Balaban J connectivity index is 1.78. The van der Waals surface area contributed by atoms with Crippen LogP contribution in [0.2, 0.25) is 0 Å². The maximum atomic E-state index is 14.3. The van der Waals surface area contributed by atoms with Crippen LogP contribution in [0.5, 0.6) is 11.5 Å². The first-order chi connectivity index (χ1) is 28.4. The van der Waals surface area contributed by atoms with E-state index in [2.05, 4.69) is 26.6 Å². The second kappa shape index (κ2) is 23.7. The van der Waals surface area contributed by atoms with Crippen LogP contribution in [0.3, 0.4) is 0 Å². The van der Waals surface area contributed by atoms with E-state index in [1.54, 1.807) is 24.3 Å². The van der Waals surface area contributed by atoms with Crippen LogP contribution >= 0.6 is 0 Å². The highest BCUT2D eigenvalue weighted by Crippen LogP contribution is 2.21. The average Bonchev–Trinajstić information content (AvgIpc) is 3.70. The molecule has 0 bridgehead atoms. The number of unbranched alkanes of at least 4 members (excludes halogenated alkanes) is 1. The number of nitrogens with zero attached hydrogens (tertiary/aromatic N) is 1. The van der Waals surface area contributed by atoms with Gasteiger partial charge >= 0.3 is 0 Å². The highest BCUT2D eigenvalue weighted by molar-refractivity contribution is 5.97. The number of aromatic hydroxyl groups is 2. The average molecular weight is 840 g/mol. The third kappa shape index (κ3) is 15.1. The molecule has 0 radical (unpaired) electrons. The van der Waals surface area contributed by atoms with Crippen molar-refractivity contribution in [3.05, 3.63) is 59.7 Å². The molecular formula is C41H61N9O10. The van der Waals surface area contributed by atoms with Crippen LogP contribution in [0.15, 0.2) is 48.5 Å². The number of nitrogens with one attached hydrogen (secondary N) is 6. The molecule has 1 fully saturated rings. The third-order valence-corrected chi connectivity index (χ3v) is 10.1. The molecule has 13 N–H and O–H groups in total. The number of benzene rings is 2. The number of amides is 7. The fraction of sp³-hybridized carbons (Fsp3) is 0.537. The Morgan fingerprint density at radius 3 is 1.70 bits per heavy atom. The molecular weight excluding hydrogens is 779 g/mol. The predicted molar refractivity (Wildman–Crippen MR) is 220 cm³/mol. The van der Waals surface area contributed by atoms with Gasteiger partial charge in [0.25, 0.3) is 0 Å². The third-order valence-electron chi connectivity index (χ3n) is 10.1. The van der Waals surface area contributed by atoms with Crippen LogP contribution in [-0.2, 0) is 46.4 Å². The summed E-state index contributed by atoms with van der Waals surface area (Å²) in [6.07, 6.45) is 2.07. The lowest BCUT2D eigenvalue weighted by molar-refractivity contribution is -0.142. The molecule has 0 saturated carbocycles. The highest BCUT2D eigenvalue weighted by atomic mass is 16.5. The first-order valence-electron chi connectivity index (χ1n) is 20.2. The fourth-order valence-electron chi connectivity index (χ4n) is 6.74. The van der Waals surface area contributed by atoms with Crippen LogP contribution in [0.25, 0.3) is 0 Å². The predicted octanol–water partition coefficient (Wildman–Crippen LogP) is -0.654. The fourth-order valence-corrected chi connectivity index (χ4v) is 6.74. The summed E-state index contributed by atoms with van der Waals surface area (Å²) in [5.74, 6) is -4.62. The van der Waals surface area contributed by atoms with Crippen LogP contribution in [0.4, 0.5) is 0 Å². The first kappa shape index (κ1) is 48.6. The van der Waals surface area contributed by atoms with E-state index in [-0.39, 0.29) is 49.6 Å². The standard InChI is InChI=1S/C41H61N9O10/c1-23(2)20-31(35(43)53)47-37(55)25(4)45-40(58)34-9-7-19-50(34)41(59)33(22-27-12-16-29(52)17-13-27)48-38(56)30(8-5-6-18-42)46-36(54)24(3)44-39(57)32(49-60)21-26-10-14-28(51)15-11-26/h10-17,23-25,30-34,49,51-52,60H,5-9,18-22,42H2,1-4H3,(H2,43,53)(H,44,57)(H,45,58)(H,46,54)(H,47,55)(H,48,56)/t24-,25-,30-,31-,32-,33-,34-/m0/s1. The van der Waals surface area contributed by atoms with E-state index in [1.165, 1.54) is 43.0 Å². The number of hydrogen-bond acceptors (Lipinski definition) is 12. The summed E-state index contributed by atoms with van der Waals surface area (Å²) in [4.78, 5) is 94.7. The Morgan fingerprint density at radius 1 is 0.683 bits per heavy atom. The van der Waals surface area contributed by atoms with Gasteiger partial charge in [-0.1, -0.05) is 38.1 Å². The van der Waals surface area contributed by atoms with Crippen LogP contribution in [-0.4, -0.2) is 117 Å². The lowest BCUT2D eigenvalue weighted by Gasteiger charge is -2.31. The second-order valence-electron chi connectivity index (χ2n) is 15.6. The molecule has 60 heavy (non-hydrogen) atoms. The molecule has 1 heterocycles. The van der Waals surface area contributed by atoms with Gasteiger partial charge in [0.1, 0.15) is 53.8 Å². The summed E-state index contributed by atoms with van der Waals surface area (Å²) in [5.41, 5.74) is 14.3. The zero-order valence-electron chi connectivity index (χ0n) is 34.6. The van der Waals surface area contributed by atoms with Gasteiger partial charge in [-0.3, -0.25) is 33.6 Å². The van der Waals surface area contributed by atoms with Crippen molar-refractivity contribution < 1.29 is 49.0 Å². The lowest BCUT2D eigenvalue weighted by atomic mass is 10.0. The highest BCUT2D eigenvalue weighted by Gasteiger charge is 2.39. The zero-order valence-corrected chi connectivity index (χ0v) is 34.6. The minimum atomic E-state index is -1.24. The number of rotatable bonds is 23. The molecule has 2 aromatic carbocycles. The molecule has 0 spiro atoms. The van der Waals surface area contributed by atoms with Crippen molar-refractivity contribution in [2.75, 3.05) is 13.1 Å². The van der Waals surface area contributed by atoms with E-state index in [1.807, 2.05) is 19.3 Å². The van der Waals surface area contributed by atoms with Crippen molar-refractivity contribution in [1.29, 1.82) is 0 Å². The molecule has 0 unspecified atom stereocenters. The smallest absolute Gasteiger partial charge is 0.246 e. The van der Waals surface area contributed by atoms with Gasteiger partial charge in [0.15, 0.2) is 0 Å². The van der Waals surface area contributed by atoms with Crippen molar-refractivity contribution in [3.8, 4) is 11.5 Å². The van der Waals surface area contributed by atoms with Crippen LogP contribution < -0.4 is 43.5 Å². The maximum absolute atomic E-state index is 14.3. The van der Waals surface area contributed by atoms with E-state index in [9.17, 15) is 49.0 Å². The van der Waals surface area contributed by atoms with Gasteiger partial charge in [-0.2, -0.15) is 5.48 Å². The first-order valence-corrected chi connectivity index (χ1v) is 20.2. The van der Waals surface area contributed by atoms with Crippen LogP contribution in [0, 0.1) is 5.92 Å². The number of primary amides is 1. The van der Waals surface area contributed by atoms with Crippen molar-refractivity contribution >= 4 is 41.4 Å². The molecule has 1 aliphatic rings. The number of carbonyl (C=O) groups is 7. The van der Waals surface area contributed by atoms with Gasteiger partial charge in [0.05, 0.1) is 0 Å². The Bertz CT molecular complexity index is 1780. The number of phenols is 2. The minimum absolute atomic E-state index is 0.0169. The van der Waals surface area contributed by atoms with Crippen LogP contribution in [0.1, 0.15) is 77.3 Å². The zero-order chi connectivity index (χ0) is 44.5. The Kier molecular flexibility index (Phi) is 19.2. The molecule has 1 saturated heterocycles. The molecule has 19 nitrogen and oxygen atoms in total. The SMILES string of the molecule is CC(C)C[C@H](NC(=O)[C@H](C)NC(=O)[C@@H]1CCCN1C(=O)[C@H](Cc1ccc(O)cc1)NC(=O)[C@H](CCCCN)NC(=O)[C@H](C)NC(=O)[C@H](Cc1ccc(O)cc1)NO)C(N)=O. The molecule has 1 aliphatic heterocycles. The monoisotopic (exact) mass is 839 g/mol. The summed E-state index contributed by atoms with van der Waals surface area (Å²) < 4.78 is 0. The number of carbonyl (C=O) groups excluding carboxylic acids is 7. The van der Waals surface area contributed by atoms with E-state index >= 15 is 0 Å². The lowest BCUT2D eigenvalue weighted by Crippen LogP contribution is -2.59. The molecule has 3 rings (SSSR count). The molecule has 0 aromatic heterocycles. The van der Waals surface area contributed by atoms with E-state index in [4.69, 9.17) is 11.5 Å². The Morgan fingerprint density at radius 2 is 1.18 bits per heavy atom. The summed E-state index contributed by atoms with van der Waals surface area (Å²) >= 11 is 0. The molecule has 19 heteroatoms. The van der Waals surface area contributed by atoms with Gasteiger partial charge in [-0.15, -0.1) is 0 Å². The number of likely N-dealkylation sites (tertiary alicyclic amines) is 1. The van der Waals surface area contributed by atoms with E-state index < -0.39 is 83.6 Å². The van der Waals surface area contributed by atoms with Crippen molar-refractivity contribution in [3.63, 3.8) is 0 Å². The van der Waals surface area contributed by atoms with Gasteiger partial charge in [0, 0.05) is 13.0 Å². The largest absolute Gasteiger partial charge is 0.508 e. The molecule has 2 aromatic rings. The maximum Gasteiger partial charge on any atom is 0.246 e. The van der Waals surface area contributed by atoms with Crippen molar-refractivity contribution in [2.24, 2.45) is 17.4 Å². The van der Waals surface area contributed by atoms with Crippen molar-refractivity contribution in [1.82, 2.24) is 37.0 Å². The van der Waals surface area contributed by atoms with Gasteiger partial charge in [-0.25, -0.2) is 0 Å². The number of nitrogens with two attached hydrogens (primary N) is 2. The summed E-state index contributed by atoms with van der Waals surface area (Å²) in [7, 11) is 0. The van der Waals surface area contributed by atoms with E-state index in [0.717, 1.165) is 0 Å². The quantitative estimate of drug-likeness (QED) is 0.0492. The molecule has 7 atom stereocenters. The summed E-state index contributed by atoms with van der Waals surface area (Å²) in [6, 6.07) is 4.26. The topological polar surface area (TPSA) is 308 Å². The van der Waals surface area contributed by atoms with Crippen molar-refractivity contribution in [2.45, 2.75) is 121 Å². The Labute approximate surface area is 349 Å². The van der Waals surface area contributed by atoms with Gasteiger partial charge in [0.2, 0.25) is 41.4 Å². The normalized spacial score (nSPS) is 16.7. The van der Waals surface area contributed by atoms with Gasteiger partial charge < -0.3 is 58.4 Å².